The highest BCUT2D eigenvalue weighted by atomic mass is 16.5. The molecule has 0 spiro atoms. The van der Waals surface area contributed by atoms with Crippen LogP contribution in [0.3, 0.4) is 0 Å². The summed E-state index contributed by atoms with van der Waals surface area (Å²) in [4.78, 5) is 3.09. The Kier molecular flexibility index (Phi) is 8.72. The van der Waals surface area contributed by atoms with E-state index in [1.54, 1.807) is 5.57 Å². The first-order valence-electron chi connectivity index (χ1n) is 19.2. The minimum Gasteiger partial charge on any atom is -0.374 e. The third kappa shape index (κ3) is 5.01. The molecule has 3 saturated heterocycles. The van der Waals surface area contributed by atoms with E-state index in [0.29, 0.717) is 41.0 Å². The summed E-state index contributed by atoms with van der Waals surface area (Å²) >= 11 is 0. The van der Waals surface area contributed by atoms with Crippen LogP contribution >= 0.6 is 0 Å². The minimum atomic E-state index is 0.354. The Balaban J connectivity index is 1.09. The summed E-state index contributed by atoms with van der Waals surface area (Å²) in [6.07, 6.45) is 29.7. The number of hydrogen-bond acceptors (Lipinski definition) is 3. The summed E-state index contributed by atoms with van der Waals surface area (Å²) in [6, 6.07) is 2.08. The van der Waals surface area contributed by atoms with Gasteiger partial charge in [0.2, 0.25) is 0 Å². The first kappa shape index (κ1) is 30.3. The fraction of sp³-hybridized carbons (Fsp3) is 0.949. The van der Waals surface area contributed by atoms with Gasteiger partial charge in [-0.25, -0.2) is 0 Å². The Morgan fingerprint density at radius 3 is 2.50 bits per heavy atom. The Hall–Kier alpha value is -0.380. The Labute approximate surface area is 259 Å². The third-order valence-corrected chi connectivity index (χ3v) is 15.5. The smallest absolute Gasteiger partial charge is 0.0610 e. The number of nitrogens with zero attached hydrogens (tertiary/aromatic N) is 1. The van der Waals surface area contributed by atoms with Crippen LogP contribution in [-0.4, -0.2) is 48.8 Å². The number of ether oxygens (including phenoxy) is 1. The highest BCUT2D eigenvalue weighted by Gasteiger charge is 2.62. The summed E-state index contributed by atoms with van der Waals surface area (Å²) in [5.74, 6) is 5.21. The highest BCUT2D eigenvalue weighted by Crippen LogP contribution is 2.62. The van der Waals surface area contributed by atoms with Gasteiger partial charge in [0.1, 0.15) is 0 Å². The molecule has 7 aliphatic rings. The van der Waals surface area contributed by atoms with Crippen LogP contribution in [0.15, 0.2) is 11.6 Å². The molecule has 0 bridgehead atoms. The Bertz CT molecular complexity index is 971. The van der Waals surface area contributed by atoms with Gasteiger partial charge in [0, 0.05) is 24.0 Å². The first-order valence-corrected chi connectivity index (χ1v) is 19.2. The van der Waals surface area contributed by atoms with Crippen molar-refractivity contribution < 1.29 is 4.74 Å². The first-order chi connectivity index (χ1) is 20.4. The van der Waals surface area contributed by atoms with Crippen molar-refractivity contribution in [2.24, 2.45) is 46.3 Å². The molecule has 6 fully saturated rings. The SMILES string of the molecule is CC[C@@](C)(CCC1OC2CCCCC2C1C)C1C=C(C2N3CCCCC3C3CC(C4CCCCC4)CCC32C)C1NC. The number of hydrogen-bond donors (Lipinski definition) is 1. The molecule has 3 heteroatoms. The summed E-state index contributed by atoms with van der Waals surface area (Å²) in [7, 11) is 2.27. The van der Waals surface area contributed by atoms with Gasteiger partial charge in [-0.05, 0) is 117 Å². The molecule has 3 saturated carbocycles. The van der Waals surface area contributed by atoms with Crippen molar-refractivity contribution in [3.63, 3.8) is 0 Å². The van der Waals surface area contributed by atoms with Crippen molar-refractivity contribution in [1.29, 1.82) is 0 Å². The fourth-order valence-electron chi connectivity index (χ4n) is 12.7. The lowest BCUT2D eigenvalue weighted by Crippen LogP contribution is -2.57. The summed E-state index contributed by atoms with van der Waals surface area (Å²) < 4.78 is 6.75. The number of nitrogens with one attached hydrogen (secondary N) is 1. The largest absolute Gasteiger partial charge is 0.374 e. The van der Waals surface area contributed by atoms with Crippen LogP contribution in [0, 0.1) is 46.3 Å². The van der Waals surface area contributed by atoms with Crippen LogP contribution in [0.5, 0.6) is 0 Å². The molecule has 0 radical (unpaired) electrons. The molecule has 238 valence electrons. The van der Waals surface area contributed by atoms with Gasteiger partial charge in [-0.2, -0.15) is 0 Å². The van der Waals surface area contributed by atoms with Gasteiger partial charge in [-0.1, -0.05) is 91.6 Å². The van der Waals surface area contributed by atoms with Crippen molar-refractivity contribution in [2.45, 2.75) is 174 Å². The van der Waals surface area contributed by atoms with Crippen LogP contribution < -0.4 is 5.32 Å². The molecule has 3 aliphatic heterocycles. The van der Waals surface area contributed by atoms with Gasteiger partial charge < -0.3 is 10.1 Å². The van der Waals surface area contributed by atoms with Gasteiger partial charge in [0.05, 0.1) is 12.2 Å². The number of piperidine rings is 1. The van der Waals surface area contributed by atoms with Crippen molar-refractivity contribution in [1.82, 2.24) is 10.2 Å². The molecule has 7 rings (SSSR count). The van der Waals surface area contributed by atoms with E-state index in [9.17, 15) is 0 Å². The van der Waals surface area contributed by atoms with Crippen LogP contribution in [0.1, 0.15) is 143 Å². The maximum Gasteiger partial charge on any atom is 0.0610 e. The van der Waals surface area contributed by atoms with Crippen molar-refractivity contribution in [3.05, 3.63) is 11.6 Å². The molecule has 42 heavy (non-hydrogen) atoms. The van der Waals surface area contributed by atoms with Gasteiger partial charge in [-0.15, -0.1) is 0 Å². The lowest BCUT2D eigenvalue weighted by Gasteiger charge is -2.54. The number of rotatable bonds is 8. The zero-order valence-electron chi connectivity index (χ0n) is 28.2. The second-order valence-electron chi connectivity index (χ2n) is 17.3. The molecule has 11 unspecified atom stereocenters. The average molecular weight is 579 g/mol. The zero-order chi connectivity index (χ0) is 29.1. The van der Waals surface area contributed by atoms with Crippen molar-refractivity contribution in [3.8, 4) is 0 Å². The van der Waals surface area contributed by atoms with Crippen LogP contribution in [0.4, 0.5) is 0 Å². The molecule has 12 atom stereocenters. The van der Waals surface area contributed by atoms with E-state index in [2.05, 4.69) is 51.0 Å². The lowest BCUT2D eigenvalue weighted by atomic mass is 9.54. The molecule has 1 N–H and O–H groups in total. The van der Waals surface area contributed by atoms with E-state index in [1.807, 2.05) is 0 Å². The molecular formula is C39H66N2O. The number of likely N-dealkylation sites (N-methyl/N-ethyl adjacent to an activating group) is 1. The zero-order valence-corrected chi connectivity index (χ0v) is 28.2. The minimum absolute atomic E-state index is 0.354. The van der Waals surface area contributed by atoms with Crippen molar-refractivity contribution in [2.75, 3.05) is 13.6 Å². The summed E-state index contributed by atoms with van der Waals surface area (Å²) in [5.41, 5.74) is 2.62. The summed E-state index contributed by atoms with van der Waals surface area (Å²) in [6.45, 7) is 11.7. The predicted molar refractivity (Wildman–Crippen MR) is 175 cm³/mol. The lowest BCUT2D eigenvalue weighted by molar-refractivity contribution is 0.00154. The van der Waals surface area contributed by atoms with Crippen LogP contribution in [0.2, 0.25) is 0 Å². The topological polar surface area (TPSA) is 24.5 Å². The van der Waals surface area contributed by atoms with Crippen LogP contribution in [0.25, 0.3) is 0 Å². The quantitative estimate of drug-likeness (QED) is 0.291. The molecule has 3 heterocycles. The monoisotopic (exact) mass is 579 g/mol. The molecule has 0 aromatic carbocycles. The van der Waals surface area contributed by atoms with E-state index in [0.717, 1.165) is 35.6 Å². The van der Waals surface area contributed by atoms with E-state index in [-0.39, 0.29) is 0 Å². The molecule has 0 aromatic heterocycles. The van der Waals surface area contributed by atoms with Gasteiger partial charge in [0.25, 0.3) is 0 Å². The molecular weight excluding hydrogens is 512 g/mol. The van der Waals surface area contributed by atoms with E-state index < -0.39 is 0 Å². The predicted octanol–water partition coefficient (Wildman–Crippen LogP) is 9.16. The maximum absolute atomic E-state index is 6.75. The van der Waals surface area contributed by atoms with Gasteiger partial charge >= 0.3 is 0 Å². The third-order valence-electron chi connectivity index (χ3n) is 15.5. The fourth-order valence-corrected chi connectivity index (χ4v) is 12.7. The average Bonchev–Trinajstić information content (AvgIpc) is 3.47. The second-order valence-corrected chi connectivity index (χ2v) is 17.3. The van der Waals surface area contributed by atoms with E-state index in [1.165, 1.54) is 122 Å². The molecule has 0 aromatic rings. The van der Waals surface area contributed by atoms with Gasteiger partial charge in [0.15, 0.2) is 0 Å². The van der Waals surface area contributed by atoms with Crippen LogP contribution in [-0.2, 0) is 4.74 Å². The molecule has 0 amide bonds. The maximum atomic E-state index is 6.75. The van der Waals surface area contributed by atoms with Crippen molar-refractivity contribution >= 4 is 0 Å². The highest BCUT2D eigenvalue weighted by molar-refractivity contribution is 5.38. The standard InChI is InChI=1S/C39H66N2O/c1-6-38(3,21-20-34-26(2)29-16-10-11-18-35(29)42-34)32-25-30(36(32)40-5)37-39(4)22-19-28(27-14-8-7-9-15-27)24-31(39)33-17-12-13-23-41(33)37/h25-29,31-37,40H,6-24H2,1-5H3/t26?,28?,29?,31?,32?,33?,34?,35?,36?,37?,38-,39?/m0/s1. The Morgan fingerprint density at radius 1 is 0.976 bits per heavy atom. The molecule has 3 nitrogen and oxygen atoms in total. The number of fused-ring (bicyclic) bond motifs is 4. The normalized spacial score (nSPS) is 47.6. The second kappa shape index (κ2) is 12.1. The summed E-state index contributed by atoms with van der Waals surface area (Å²) in [5, 5.41) is 3.94. The van der Waals surface area contributed by atoms with Gasteiger partial charge in [-0.3, -0.25) is 4.90 Å². The van der Waals surface area contributed by atoms with E-state index in [4.69, 9.17) is 4.74 Å². The Morgan fingerprint density at radius 2 is 1.74 bits per heavy atom. The molecule has 4 aliphatic carbocycles. The van der Waals surface area contributed by atoms with E-state index >= 15 is 0 Å².